The number of carbonyl (C=O) groups is 2. The molecule has 0 atom stereocenters. The van der Waals surface area contributed by atoms with Gasteiger partial charge in [-0.05, 0) is 29.5 Å². The van der Waals surface area contributed by atoms with E-state index in [1.54, 1.807) is 23.3 Å². The monoisotopic (exact) mass is 404 g/mol. The van der Waals surface area contributed by atoms with E-state index >= 15 is 0 Å². The van der Waals surface area contributed by atoms with E-state index in [4.69, 9.17) is 9.47 Å². The summed E-state index contributed by atoms with van der Waals surface area (Å²) in [5.41, 5.74) is 2.22. The smallest absolute Gasteiger partial charge is 0.249 e. The van der Waals surface area contributed by atoms with Crippen LogP contribution in [0.5, 0.6) is 0 Å². The van der Waals surface area contributed by atoms with Gasteiger partial charge >= 0.3 is 0 Å². The Balaban J connectivity index is 2.15. The summed E-state index contributed by atoms with van der Waals surface area (Å²) in [4.78, 5) is 29.9. The van der Waals surface area contributed by atoms with Gasteiger partial charge in [0.1, 0.15) is 6.61 Å². The second kappa shape index (κ2) is 11.6. The number of ether oxygens (including phenoxy) is 2. The Bertz CT molecular complexity index is 748. The summed E-state index contributed by atoms with van der Waals surface area (Å²) in [6.07, 6.45) is 0. The van der Waals surface area contributed by atoms with Crippen molar-refractivity contribution in [3.8, 4) is 0 Å². The fraction of sp³-hybridized carbons (Fsp3) is 0.429. The van der Waals surface area contributed by atoms with Crippen molar-refractivity contribution in [3.05, 3.63) is 57.8 Å². The van der Waals surface area contributed by atoms with Crippen molar-refractivity contribution in [3.63, 3.8) is 0 Å². The van der Waals surface area contributed by atoms with E-state index < -0.39 is 0 Å². The molecular formula is C21H28N2O4S. The quantitative estimate of drug-likeness (QED) is 0.578. The maximum Gasteiger partial charge on any atom is 0.249 e. The summed E-state index contributed by atoms with van der Waals surface area (Å²) in [7, 11) is 3.04. The van der Waals surface area contributed by atoms with E-state index in [2.05, 4.69) is 6.07 Å². The van der Waals surface area contributed by atoms with Crippen LogP contribution in [0.15, 0.2) is 41.8 Å². The number of hydrogen-bond acceptors (Lipinski definition) is 5. The maximum absolute atomic E-state index is 13.1. The van der Waals surface area contributed by atoms with E-state index in [0.29, 0.717) is 26.2 Å². The molecule has 2 amide bonds. The topological polar surface area (TPSA) is 59.1 Å². The van der Waals surface area contributed by atoms with Gasteiger partial charge in [-0.3, -0.25) is 9.59 Å². The number of carbonyl (C=O) groups excluding carboxylic acids is 2. The number of nitrogens with zero attached hydrogens (tertiary/aromatic N) is 2. The van der Waals surface area contributed by atoms with Gasteiger partial charge < -0.3 is 19.3 Å². The number of thiophene rings is 1. The summed E-state index contributed by atoms with van der Waals surface area (Å²) in [5, 5.41) is 2.03. The first-order valence-corrected chi connectivity index (χ1v) is 10.0. The van der Waals surface area contributed by atoms with E-state index in [0.717, 1.165) is 10.4 Å². The Kier molecular flexibility index (Phi) is 9.13. The van der Waals surface area contributed by atoms with Crippen molar-refractivity contribution in [1.82, 2.24) is 9.80 Å². The fourth-order valence-electron chi connectivity index (χ4n) is 2.75. The molecule has 0 aliphatic carbocycles. The van der Waals surface area contributed by atoms with Crippen LogP contribution in [-0.2, 0) is 32.2 Å². The average molecular weight is 405 g/mol. The van der Waals surface area contributed by atoms with Gasteiger partial charge in [0.25, 0.3) is 0 Å². The van der Waals surface area contributed by atoms with Crippen LogP contribution in [0.1, 0.15) is 16.0 Å². The highest BCUT2D eigenvalue weighted by molar-refractivity contribution is 7.10. The van der Waals surface area contributed by atoms with Crippen LogP contribution in [0.4, 0.5) is 0 Å². The minimum Gasteiger partial charge on any atom is -0.383 e. The van der Waals surface area contributed by atoms with E-state index in [1.165, 1.54) is 17.6 Å². The Hall–Kier alpha value is -2.22. The molecule has 0 aliphatic heterocycles. The molecule has 1 aromatic carbocycles. The van der Waals surface area contributed by atoms with Crippen LogP contribution >= 0.6 is 11.3 Å². The number of hydrogen-bond donors (Lipinski definition) is 0. The molecule has 6 nitrogen and oxygen atoms in total. The zero-order valence-corrected chi connectivity index (χ0v) is 17.5. The van der Waals surface area contributed by atoms with Crippen molar-refractivity contribution < 1.29 is 19.1 Å². The molecular weight excluding hydrogens is 376 g/mol. The van der Waals surface area contributed by atoms with Crippen molar-refractivity contribution in [2.75, 3.05) is 40.5 Å². The number of aryl methyl sites for hydroxylation is 1. The van der Waals surface area contributed by atoms with Gasteiger partial charge in [0.2, 0.25) is 11.8 Å². The van der Waals surface area contributed by atoms with Gasteiger partial charge in [-0.1, -0.05) is 30.3 Å². The molecule has 0 spiro atoms. The number of rotatable bonds is 11. The van der Waals surface area contributed by atoms with Gasteiger partial charge in [-0.15, -0.1) is 11.3 Å². The highest BCUT2D eigenvalue weighted by Gasteiger charge is 2.22. The van der Waals surface area contributed by atoms with Gasteiger partial charge in [0.05, 0.1) is 19.7 Å². The molecule has 0 radical (unpaired) electrons. The normalized spacial score (nSPS) is 10.7. The number of amides is 2. The molecule has 28 heavy (non-hydrogen) atoms. The summed E-state index contributed by atoms with van der Waals surface area (Å²) >= 11 is 1.64. The second-order valence-electron chi connectivity index (χ2n) is 6.50. The first-order valence-electron chi connectivity index (χ1n) is 9.15. The molecule has 0 N–H and O–H groups in total. The molecule has 0 fully saturated rings. The Labute approximate surface area is 170 Å². The molecule has 1 aromatic heterocycles. The lowest BCUT2D eigenvalue weighted by molar-refractivity contribution is -0.143. The molecule has 0 unspecified atom stereocenters. The zero-order chi connectivity index (χ0) is 20.4. The second-order valence-corrected chi connectivity index (χ2v) is 7.50. The highest BCUT2D eigenvalue weighted by Crippen LogP contribution is 2.19. The fourth-order valence-corrected chi connectivity index (χ4v) is 3.67. The van der Waals surface area contributed by atoms with Crippen molar-refractivity contribution in [2.45, 2.75) is 20.0 Å². The molecule has 0 saturated heterocycles. The van der Waals surface area contributed by atoms with Crippen LogP contribution in [0.3, 0.4) is 0 Å². The molecule has 2 rings (SSSR count). The summed E-state index contributed by atoms with van der Waals surface area (Å²) < 4.78 is 10.0. The van der Waals surface area contributed by atoms with E-state index in [-0.39, 0.29) is 25.0 Å². The molecule has 7 heteroatoms. The van der Waals surface area contributed by atoms with Crippen molar-refractivity contribution >= 4 is 23.2 Å². The lowest BCUT2D eigenvalue weighted by Gasteiger charge is -2.27. The Morgan fingerprint density at radius 2 is 1.71 bits per heavy atom. The van der Waals surface area contributed by atoms with Crippen LogP contribution in [0.25, 0.3) is 0 Å². The largest absolute Gasteiger partial charge is 0.383 e. The Morgan fingerprint density at radius 3 is 2.32 bits per heavy atom. The third kappa shape index (κ3) is 6.74. The van der Waals surface area contributed by atoms with E-state index in [1.807, 2.05) is 42.6 Å². The first-order chi connectivity index (χ1) is 13.5. The van der Waals surface area contributed by atoms with Gasteiger partial charge in [0, 0.05) is 32.2 Å². The van der Waals surface area contributed by atoms with Crippen LogP contribution < -0.4 is 0 Å². The zero-order valence-electron chi connectivity index (χ0n) is 16.7. The minimum absolute atomic E-state index is 0.00279. The standard InChI is InChI=1S/C21H28N2O4S/c1-17-9-12-28-19(17)14-23(13-18-7-5-4-6-8-18)20(24)15-22(10-11-26-2)21(25)16-27-3/h4-9,12H,10-11,13-16H2,1-3H3. The average Bonchev–Trinajstić information content (AvgIpc) is 3.10. The predicted molar refractivity (Wildman–Crippen MR) is 110 cm³/mol. The molecule has 0 saturated carbocycles. The van der Waals surface area contributed by atoms with Crippen LogP contribution in [-0.4, -0.2) is 62.1 Å². The van der Waals surface area contributed by atoms with Crippen molar-refractivity contribution in [1.29, 1.82) is 0 Å². The van der Waals surface area contributed by atoms with Crippen LogP contribution in [0.2, 0.25) is 0 Å². The van der Waals surface area contributed by atoms with E-state index in [9.17, 15) is 9.59 Å². The minimum atomic E-state index is -0.222. The SMILES string of the molecule is COCCN(CC(=O)N(Cc1ccccc1)Cc1sccc1C)C(=O)COC. The summed E-state index contributed by atoms with van der Waals surface area (Å²) in [6, 6.07) is 11.9. The molecule has 0 bridgehead atoms. The third-order valence-electron chi connectivity index (χ3n) is 4.38. The lowest BCUT2D eigenvalue weighted by Crippen LogP contribution is -2.44. The summed E-state index contributed by atoms with van der Waals surface area (Å²) in [5.74, 6) is -0.322. The molecule has 0 aliphatic rings. The first kappa shape index (κ1) is 22.1. The predicted octanol–water partition coefficient (Wildman–Crippen LogP) is 2.71. The summed E-state index contributed by atoms with van der Waals surface area (Å²) in [6.45, 7) is 3.72. The number of benzene rings is 1. The highest BCUT2D eigenvalue weighted by atomic mass is 32.1. The molecule has 2 aromatic rings. The lowest BCUT2D eigenvalue weighted by atomic mass is 10.2. The molecule has 152 valence electrons. The third-order valence-corrected chi connectivity index (χ3v) is 5.39. The number of methoxy groups -OCH3 is 2. The van der Waals surface area contributed by atoms with Gasteiger partial charge in [-0.25, -0.2) is 0 Å². The molecule has 1 heterocycles. The maximum atomic E-state index is 13.1. The van der Waals surface area contributed by atoms with Gasteiger partial charge in [-0.2, -0.15) is 0 Å². The van der Waals surface area contributed by atoms with Crippen LogP contribution in [0, 0.1) is 6.92 Å². The van der Waals surface area contributed by atoms with Gasteiger partial charge in [0.15, 0.2) is 0 Å². The van der Waals surface area contributed by atoms with Crippen molar-refractivity contribution in [2.24, 2.45) is 0 Å². The Morgan fingerprint density at radius 1 is 0.964 bits per heavy atom.